The molecule has 0 aromatic carbocycles. The molecule has 124 valence electrons. The van der Waals surface area contributed by atoms with E-state index in [2.05, 4.69) is 20.3 Å². The molecule has 12 heteroatoms. The first-order valence-corrected chi connectivity index (χ1v) is 8.48. The van der Waals surface area contributed by atoms with Crippen LogP contribution >= 0.6 is 7.60 Å². The van der Waals surface area contributed by atoms with E-state index in [1.165, 1.54) is 6.33 Å². The molecule has 0 fully saturated rings. The van der Waals surface area contributed by atoms with Crippen LogP contribution in [0.2, 0.25) is 0 Å². The Labute approximate surface area is 129 Å². The summed E-state index contributed by atoms with van der Waals surface area (Å²) in [5, 5.41) is 2.98. The molecule has 23 heavy (non-hydrogen) atoms. The third-order valence-electron chi connectivity index (χ3n) is 3.32. The number of ether oxygens (including phenoxy) is 1. The van der Waals surface area contributed by atoms with Crippen molar-refractivity contribution in [3.05, 3.63) is 28.6 Å². The maximum absolute atomic E-state index is 11.8. The second-order valence-electron chi connectivity index (χ2n) is 4.98. The first-order valence-electron chi connectivity index (χ1n) is 6.68. The van der Waals surface area contributed by atoms with Crippen molar-refractivity contribution in [2.45, 2.75) is 6.04 Å². The van der Waals surface area contributed by atoms with Gasteiger partial charge in [0.05, 0.1) is 19.1 Å². The highest BCUT2D eigenvalue weighted by Crippen LogP contribution is 2.34. The normalized spacial score (nSPS) is 18.0. The van der Waals surface area contributed by atoms with Gasteiger partial charge in [0.2, 0.25) is 5.95 Å². The van der Waals surface area contributed by atoms with Gasteiger partial charge in [0, 0.05) is 12.7 Å². The lowest BCUT2D eigenvalue weighted by atomic mass is 10.3. The zero-order valence-electron chi connectivity index (χ0n) is 11.8. The van der Waals surface area contributed by atoms with E-state index in [0.29, 0.717) is 18.0 Å². The van der Waals surface area contributed by atoms with Gasteiger partial charge < -0.3 is 30.1 Å². The third kappa shape index (κ3) is 3.21. The Hall–Kier alpha value is -2.36. The van der Waals surface area contributed by atoms with Crippen LogP contribution in [0.1, 0.15) is 6.04 Å². The summed E-state index contributed by atoms with van der Waals surface area (Å²) in [5.41, 5.74) is 5.58. The topological polar surface area (TPSA) is 168 Å². The fourth-order valence-electron chi connectivity index (χ4n) is 2.29. The standard InChI is InChI=1S/C11H15N6O5P/c12-11-15-9-8(10(18)16-11)14-5-17(9)6-3-13-4-7(6)22-1-2-23(19,20)21/h4-6,13H,1-3H2,(H2,19,20,21)(H3,12,15,16,18). The van der Waals surface area contributed by atoms with Crippen LogP contribution in [0.25, 0.3) is 11.2 Å². The molecule has 0 aliphatic carbocycles. The molecule has 2 aromatic heterocycles. The van der Waals surface area contributed by atoms with Gasteiger partial charge in [0.15, 0.2) is 11.2 Å². The maximum Gasteiger partial charge on any atom is 0.328 e. The number of aromatic amines is 1. The van der Waals surface area contributed by atoms with Gasteiger partial charge in [-0.1, -0.05) is 0 Å². The second-order valence-corrected chi connectivity index (χ2v) is 6.76. The van der Waals surface area contributed by atoms with Crippen LogP contribution in [-0.2, 0) is 9.30 Å². The van der Waals surface area contributed by atoms with E-state index in [9.17, 15) is 9.36 Å². The van der Waals surface area contributed by atoms with Crippen molar-refractivity contribution in [2.24, 2.45) is 0 Å². The summed E-state index contributed by atoms with van der Waals surface area (Å²) >= 11 is 0. The number of nitrogens with one attached hydrogen (secondary N) is 2. The summed E-state index contributed by atoms with van der Waals surface area (Å²) in [6.07, 6.45) is 2.67. The third-order valence-corrected chi connectivity index (χ3v) is 4.09. The van der Waals surface area contributed by atoms with Crippen molar-refractivity contribution in [1.29, 1.82) is 0 Å². The number of nitrogens with two attached hydrogens (primary N) is 1. The Balaban J connectivity index is 1.85. The van der Waals surface area contributed by atoms with Gasteiger partial charge >= 0.3 is 7.60 Å². The minimum absolute atomic E-state index is 0.0249. The number of H-pyrrole nitrogens is 1. The molecular formula is C11H15N6O5P. The number of aromatic nitrogens is 4. The first kappa shape index (κ1) is 15.5. The number of fused-ring (bicyclic) bond motifs is 1. The molecule has 0 amide bonds. The molecule has 0 saturated carbocycles. The van der Waals surface area contributed by atoms with Crippen molar-refractivity contribution >= 4 is 24.7 Å². The zero-order valence-corrected chi connectivity index (χ0v) is 12.7. The molecule has 3 rings (SSSR count). The molecule has 6 N–H and O–H groups in total. The van der Waals surface area contributed by atoms with Crippen LogP contribution < -0.4 is 16.6 Å². The number of rotatable bonds is 5. The van der Waals surface area contributed by atoms with Gasteiger partial charge in [0.25, 0.3) is 5.56 Å². The van der Waals surface area contributed by atoms with Crippen molar-refractivity contribution in [3.8, 4) is 0 Å². The molecule has 11 nitrogen and oxygen atoms in total. The van der Waals surface area contributed by atoms with E-state index < -0.39 is 13.2 Å². The van der Waals surface area contributed by atoms with Gasteiger partial charge in [0.1, 0.15) is 11.8 Å². The van der Waals surface area contributed by atoms with Crippen LogP contribution in [0, 0.1) is 0 Å². The first-order chi connectivity index (χ1) is 10.8. The fourth-order valence-corrected chi connectivity index (χ4v) is 2.62. The predicted octanol–water partition coefficient (Wildman–Crippen LogP) is -1.12. The Kier molecular flexibility index (Phi) is 3.84. The lowest BCUT2D eigenvalue weighted by Gasteiger charge is -2.17. The number of anilines is 1. The number of hydrogen-bond acceptors (Lipinski definition) is 7. The average molecular weight is 342 g/mol. The van der Waals surface area contributed by atoms with Gasteiger partial charge in [-0.25, -0.2) is 4.98 Å². The summed E-state index contributed by atoms with van der Waals surface area (Å²) in [5.74, 6) is 0.446. The quantitative estimate of drug-likeness (QED) is 0.423. The second kappa shape index (κ2) is 5.69. The van der Waals surface area contributed by atoms with Gasteiger partial charge in [-0.15, -0.1) is 0 Å². The minimum Gasteiger partial charge on any atom is -0.493 e. The molecule has 1 unspecified atom stereocenters. The van der Waals surface area contributed by atoms with Crippen molar-refractivity contribution in [3.63, 3.8) is 0 Å². The SMILES string of the molecule is Nc1nc2c(ncn2C2CNC=C2OCCP(=O)(O)O)c(=O)[nH]1. The van der Waals surface area contributed by atoms with Crippen LogP contribution in [0.3, 0.4) is 0 Å². The molecular weight excluding hydrogens is 327 g/mol. The molecule has 0 saturated heterocycles. The monoisotopic (exact) mass is 342 g/mol. The van der Waals surface area contributed by atoms with Gasteiger partial charge in [-0.3, -0.25) is 14.3 Å². The Morgan fingerprint density at radius 1 is 1.52 bits per heavy atom. The summed E-state index contributed by atoms with van der Waals surface area (Å²) in [6.45, 7) is 0.335. The van der Waals surface area contributed by atoms with E-state index in [4.69, 9.17) is 20.3 Å². The lowest BCUT2D eigenvalue weighted by molar-refractivity contribution is 0.197. The highest BCUT2D eigenvalue weighted by atomic mass is 31.2. The highest BCUT2D eigenvalue weighted by molar-refractivity contribution is 7.51. The summed E-state index contributed by atoms with van der Waals surface area (Å²) in [4.78, 5) is 40.0. The van der Waals surface area contributed by atoms with Crippen molar-refractivity contribution < 1.29 is 19.1 Å². The van der Waals surface area contributed by atoms with E-state index in [-0.39, 0.29) is 30.3 Å². The Morgan fingerprint density at radius 2 is 2.30 bits per heavy atom. The van der Waals surface area contributed by atoms with Crippen LogP contribution in [0.4, 0.5) is 5.95 Å². The van der Waals surface area contributed by atoms with Gasteiger partial charge in [-0.2, -0.15) is 4.98 Å². The molecule has 1 atom stereocenters. The molecule has 0 radical (unpaired) electrons. The molecule has 1 aliphatic heterocycles. The maximum atomic E-state index is 11.8. The largest absolute Gasteiger partial charge is 0.493 e. The average Bonchev–Trinajstić information content (AvgIpc) is 3.03. The van der Waals surface area contributed by atoms with Crippen LogP contribution in [0.15, 0.2) is 23.1 Å². The van der Waals surface area contributed by atoms with E-state index in [0.717, 1.165) is 0 Å². The molecule has 0 spiro atoms. The molecule has 2 aromatic rings. The number of imidazole rings is 1. The number of hydrogen-bond donors (Lipinski definition) is 5. The van der Waals surface area contributed by atoms with Crippen molar-refractivity contribution in [2.75, 3.05) is 25.0 Å². The number of nitrogen functional groups attached to an aromatic ring is 1. The smallest absolute Gasteiger partial charge is 0.328 e. The molecule has 0 bridgehead atoms. The lowest BCUT2D eigenvalue weighted by Crippen LogP contribution is -2.19. The summed E-state index contributed by atoms with van der Waals surface area (Å²) in [6, 6.07) is -0.342. The Bertz CT molecular complexity index is 867. The molecule has 1 aliphatic rings. The number of nitrogens with zero attached hydrogens (tertiary/aromatic N) is 3. The van der Waals surface area contributed by atoms with E-state index in [1.54, 1.807) is 10.8 Å². The molecule has 3 heterocycles. The minimum atomic E-state index is -4.12. The highest BCUT2D eigenvalue weighted by Gasteiger charge is 2.26. The van der Waals surface area contributed by atoms with Crippen molar-refractivity contribution in [1.82, 2.24) is 24.8 Å². The summed E-state index contributed by atoms with van der Waals surface area (Å²) in [7, 11) is -4.12. The van der Waals surface area contributed by atoms with Gasteiger partial charge in [-0.05, 0) is 0 Å². The Morgan fingerprint density at radius 3 is 3.04 bits per heavy atom. The van der Waals surface area contributed by atoms with E-state index >= 15 is 0 Å². The summed E-state index contributed by atoms with van der Waals surface area (Å²) < 4.78 is 17.9. The predicted molar refractivity (Wildman–Crippen MR) is 80.5 cm³/mol. The van der Waals surface area contributed by atoms with Crippen LogP contribution in [0.5, 0.6) is 0 Å². The van der Waals surface area contributed by atoms with E-state index in [1.807, 2.05) is 0 Å². The van der Waals surface area contributed by atoms with Crippen LogP contribution in [-0.4, -0.2) is 48.6 Å². The zero-order chi connectivity index (χ0) is 16.6. The fraction of sp³-hybridized carbons (Fsp3) is 0.364.